The highest BCUT2D eigenvalue weighted by molar-refractivity contribution is 8.18. The highest BCUT2D eigenvalue weighted by atomic mass is 32.2. The van der Waals surface area contributed by atoms with Crippen LogP contribution in [-0.2, 0) is 9.53 Å². The van der Waals surface area contributed by atoms with Gasteiger partial charge in [0.2, 0.25) is 0 Å². The highest BCUT2D eigenvalue weighted by Gasteiger charge is 2.34. The molecule has 1 aliphatic heterocycles. The van der Waals surface area contributed by atoms with E-state index in [1.807, 2.05) is 26.0 Å². The van der Waals surface area contributed by atoms with E-state index >= 15 is 0 Å². The monoisotopic (exact) mass is 351 g/mol. The van der Waals surface area contributed by atoms with Crippen molar-refractivity contribution in [3.8, 4) is 11.5 Å². The predicted molar refractivity (Wildman–Crippen MR) is 93.3 cm³/mol. The minimum absolute atomic E-state index is 0.0507. The Kier molecular flexibility index (Phi) is 6.28. The molecule has 1 heterocycles. The maximum Gasteiger partial charge on any atom is 0.293 e. The summed E-state index contributed by atoms with van der Waals surface area (Å²) >= 11 is 0.915. The number of nitrogens with zero attached hydrogens (tertiary/aromatic N) is 1. The lowest BCUT2D eigenvalue weighted by atomic mass is 10.1. The first kappa shape index (κ1) is 18.4. The van der Waals surface area contributed by atoms with Gasteiger partial charge in [-0.15, -0.1) is 0 Å². The molecule has 1 saturated heterocycles. The number of benzene rings is 1. The number of hydrogen-bond acceptors (Lipinski definition) is 6. The van der Waals surface area contributed by atoms with E-state index < -0.39 is 0 Å². The topological polar surface area (TPSA) is 65.1 Å². The number of para-hydroxylation sites is 1. The number of carbonyl (C=O) groups excluding carboxylic acids is 2. The van der Waals surface area contributed by atoms with Crippen LogP contribution in [-0.4, -0.2) is 49.5 Å². The van der Waals surface area contributed by atoms with Crippen LogP contribution in [0.3, 0.4) is 0 Å². The third-order valence-electron chi connectivity index (χ3n) is 3.26. The zero-order chi connectivity index (χ0) is 17.7. The second-order valence-electron chi connectivity index (χ2n) is 5.37. The minimum atomic E-state index is -0.319. The summed E-state index contributed by atoms with van der Waals surface area (Å²) in [5, 5.41) is -0.294. The molecule has 0 radical (unpaired) electrons. The summed E-state index contributed by atoms with van der Waals surface area (Å²) in [5.41, 5.74) is 0.695. The lowest BCUT2D eigenvalue weighted by Crippen LogP contribution is -2.31. The summed E-state index contributed by atoms with van der Waals surface area (Å²) < 4.78 is 16.1. The van der Waals surface area contributed by atoms with Crippen LogP contribution < -0.4 is 9.47 Å². The maximum absolute atomic E-state index is 12.4. The summed E-state index contributed by atoms with van der Waals surface area (Å²) in [4.78, 5) is 25.9. The Morgan fingerprint density at radius 1 is 1.25 bits per heavy atom. The van der Waals surface area contributed by atoms with Gasteiger partial charge in [0.1, 0.15) is 0 Å². The van der Waals surface area contributed by atoms with E-state index in [9.17, 15) is 9.59 Å². The Labute approximate surface area is 145 Å². The van der Waals surface area contributed by atoms with E-state index in [0.29, 0.717) is 28.6 Å². The van der Waals surface area contributed by atoms with Crippen molar-refractivity contribution in [2.45, 2.75) is 20.0 Å². The molecule has 0 N–H and O–H groups in total. The first-order valence-electron chi connectivity index (χ1n) is 7.56. The molecule has 0 bridgehead atoms. The molecule has 0 aliphatic carbocycles. The van der Waals surface area contributed by atoms with Gasteiger partial charge >= 0.3 is 0 Å². The Morgan fingerprint density at radius 3 is 2.62 bits per heavy atom. The molecule has 1 aromatic rings. The second-order valence-corrected chi connectivity index (χ2v) is 6.36. The number of methoxy groups -OCH3 is 2. The fourth-order valence-corrected chi connectivity index (χ4v) is 3.04. The van der Waals surface area contributed by atoms with Crippen LogP contribution in [0.1, 0.15) is 19.4 Å². The van der Waals surface area contributed by atoms with Crippen molar-refractivity contribution in [1.29, 1.82) is 0 Å². The summed E-state index contributed by atoms with van der Waals surface area (Å²) in [7, 11) is 3.09. The van der Waals surface area contributed by atoms with Crippen molar-refractivity contribution in [2.24, 2.45) is 0 Å². The predicted octanol–water partition coefficient (Wildman–Crippen LogP) is 3.17. The minimum Gasteiger partial charge on any atom is -0.493 e. The summed E-state index contributed by atoms with van der Waals surface area (Å²) in [6.07, 6.45) is 1.61. The van der Waals surface area contributed by atoms with E-state index in [-0.39, 0.29) is 23.8 Å². The molecule has 24 heavy (non-hydrogen) atoms. The molecule has 6 nitrogen and oxygen atoms in total. The van der Waals surface area contributed by atoms with Crippen molar-refractivity contribution >= 4 is 29.0 Å². The van der Waals surface area contributed by atoms with Crippen molar-refractivity contribution in [2.75, 3.05) is 27.4 Å². The Morgan fingerprint density at radius 2 is 2.00 bits per heavy atom. The Balaban J connectivity index is 2.34. The molecule has 1 aliphatic rings. The molecule has 0 unspecified atom stereocenters. The molecule has 0 saturated carbocycles. The molecule has 1 fully saturated rings. The van der Waals surface area contributed by atoms with Gasteiger partial charge in [0.25, 0.3) is 11.1 Å². The van der Waals surface area contributed by atoms with Crippen LogP contribution in [0.5, 0.6) is 11.5 Å². The third kappa shape index (κ3) is 4.10. The Hall–Kier alpha value is -1.99. The van der Waals surface area contributed by atoms with E-state index in [2.05, 4.69) is 0 Å². The standard InChI is InChI=1S/C17H21NO5S/c1-11(2)23-15-12(6-5-7-13(15)22-4)10-14-16(19)18(8-9-21-3)17(20)24-14/h5-7,10-11H,8-9H2,1-4H3/b14-10+. The van der Waals surface area contributed by atoms with E-state index in [4.69, 9.17) is 14.2 Å². The lowest BCUT2D eigenvalue weighted by Gasteiger charge is -2.16. The van der Waals surface area contributed by atoms with E-state index in [1.165, 1.54) is 12.0 Å². The molecule has 1 aromatic carbocycles. The number of hydrogen-bond donors (Lipinski definition) is 0. The lowest BCUT2D eigenvalue weighted by molar-refractivity contribution is -0.123. The quantitative estimate of drug-likeness (QED) is 0.703. The summed E-state index contributed by atoms with van der Waals surface area (Å²) in [6, 6.07) is 5.43. The van der Waals surface area contributed by atoms with Gasteiger partial charge in [0.15, 0.2) is 11.5 Å². The molecule has 0 aromatic heterocycles. The summed E-state index contributed by atoms with van der Waals surface area (Å²) in [6.45, 7) is 4.38. The van der Waals surface area contributed by atoms with Crippen molar-refractivity contribution < 1.29 is 23.8 Å². The van der Waals surface area contributed by atoms with Crippen LogP contribution >= 0.6 is 11.8 Å². The molecular formula is C17H21NO5S. The van der Waals surface area contributed by atoms with Crippen LogP contribution in [0, 0.1) is 0 Å². The van der Waals surface area contributed by atoms with Gasteiger partial charge in [0.05, 0.1) is 31.3 Å². The van der Waals surface area contributed by atoms with Crippen molar-refractivity contribution in [3.05, 3.63) is 28.7 Å². The number of rotatable bonds is 7. The first-order valence-corrected chi connectivity index (χ1v) is 8.37. The van der Waals surface area contributed by atoms with Crippen LogP contribution in [0.15, 0.2) is 23.1 Å². The molecule has 0 spiro atoms. The molecule has 7 heteroatoms. The van der Waals surface area contributed by atoms with Crippen LogP contribution in [0.2, 0.25) is 0 Å². The van der Waals surface area contributed by atoms with Gasteiger partial charge in [-0.1, -0.05) is 12.1 Å². The number of amides is 2. The van der Waals surface area contributed by atoms with Gasteiger partial charge < -0.3 is 14.2 Å². The average Bonchev–Trinajstić information content (AvgIpc) is 2.80. The second kappa shape index (κ2) is 8.21. The SMILES string of the molecule is COCCN1C(=O)S/C(=C/c2cccc(OC)c2OC(C)C)C1=O. The van der Waals surface area contributed by atoms with Gasteiger partial charge in [-0.3, -0.25) is 14.5 Å². The van der Waals surface area contributed by atoms with Crippen molar-refractivity contribution in [1.82, 2.24) is 4.90 Å². The molecule has 130 valence electrons. The fraction of sp³-hybridized carbons (Fsp3) is 0.412. The number of imide groups is 1. The van der Waals surface area contributed by atoms with Gasteiger partial charge in [0, 0.05) is 12.7 Å². The zero-order valence-electron chi connectivity index (χ0n) is 14.2. The highest BCUT2D eigenvalue weighted by Crippen LogP contribution is 2.37. The van der Waals surface area contributed by atoms with Gasteiger partial charge in [-0.25, -0.2) is 0 Å². The smallest absolute Gasteiger partial charge is 0.293 e. The van der Waals surface area contributed by atoms with E-state index in [0.717, 1.165) is 11.8 Å². The van der Waals surface area contributed by atoms with Crippen molar-refractivity contribution in [3.63, 3.8) is 0 Å². The molecule has 2 amide bonds. The van der Waals surface area contributed by atoms with Gasteiger partial charge in [-0.05, 0) is 37.8 Å². The molecule has 2 rings (SSSR count). The largest absolute Gasteiger partial charge is 0.493 e. The van der Waals surface area contributed by atoms with Crippen LogP contribution in [0.25, 0.3) is 6.08 Å². The van der Waals surface area contributed by atoms with Crippen LogP contribution in [0.4, 0.5) is 4.79 Å². The summed E-state index contributed by atoms with van der Waals surface area (Å²) in [5.74, 6) is 0.815. The Bertz CT molecular complexity index is 656. The fourth-order valence-electron chi connectivity index (χ4n) is 2.19. The van der Waals surface area contributed by atoms with Gasteiger partial charge in [-0.2, -0.15) is 0 Å². The zero-order valence-corrected chi connectivity index (χ0v) is 15.0. The number of ether oxygens (including phenoxy) is 3. The van der Waals surface area contributed by atoms with E-state index in [1.54, 1.807) is 19.3 Å². The molecular weight excluding hydrogens is 330 g/mol. The maximum atomic E-state index is 12.4. The number of carbonyl (C=O) groups is 2. The average molecular weight is 351 g/mol. The third-order valence-corrected chi connectivity index (χ3v) is 4.17. The first-order chi connectivity index (χ1) is 11.5. The normalized spacial score (nSPS) is 16.4. The molecule has 0 atom stereocenters. The number of thioether (sulfide) groups is 1.